The number of amides is 1. The molecule has 0 aromatic heterocycles. The van der Waals surface area contributed by atoms with Crippen LogP contribution in [0, 0.1) is 5.92 Å². The van der Waals surface area contributed by atoms with Gasteiger partial charge in [0.05, 0.1) is 12.5 Å². The van der Waals surface area contributed by atoms with E-state index < -0.39 is 23.6 Å². The van der Waals surface area contributed by atoms with Crippen LogP contribution in [-0.2, 0) is 14.4 Å². The molecule has 1 amide bonds. The maximum absolute atomic E-state index is 13.8. The lowest BCUT2D eigenvalue weighted by Gasteiger charge is -2.26. The minimum absolute atomic E-state index is 0.0385. The normalized spacial score (nSPS) is 18.8. The molecule has 0 fully saturated rings. The molecule has 2 heterocycles. The lowest BCUT2D eigenvalue weighted by atomic mass is 10.1. The SMILES string of the molecule is C/C=C/C(CC/C=C/C(C)C(=O)O)NC(=O)C1=CC(C=O)=NC2=C(F)CNN12. The third kappa shape index (κ3) is 5.23. The lowest BCUT2D eigenvalue weighted by Crippen LogP contribution is -2.43. The molecule has 150 valence electrons. The molecule has 9 heteroatoms. The van der Waals surface area contributed by atoms with Crippen molar-refractivity contribution < 1.29 is 23.9 Å². The number of halogens is 1. The number of carboxylic acids is 1. The molecule has 0 spiro atoms. The summed E-state index contributed by atoms with van der Waals surface area (Å²) in [6, 6.07) is -0.318. The smallest absolute Gasteiger partial charge is 0.310 e. The lowest BCUT2D eigenvalue weighted by molar-refractivity contribution is -0.139. The molecule has 0 aliphatic carbocycles. The Balaban J connectivity index is 2.05. The zero-order valence-electron chi connectivity index (χ0n) is 15.7. The van der Waals surface area contributed by atoms with E-state index >= 15 is 0 Å². The maximum Gasteiger partial charge on any atom is 0.310 e. The Kier molecular flexibility index (Phi) is 7.39. The van der Waals surface area contributed by atoms with Crippen molar-refractivity contribution in [3.63, 3.8) is 0 Å². The number of fused-ring (bicyclic) bond motifs is 1. The summed E-state index contributed by atoms with van der Waals surface area (Å²) in [7, 11) is 0. The first-order chi connectivity index (χ1) is 13.4. The maximum atomic E-state index is 13.8. The van der Waals surface area contributed by atoms with Crippen molar-refractivity contribution in [1.29, 1.82) is 0 Å². The van der Waals surface area contributed by atoms with Crippen LogP contribution in [0.1, 0.15) is 26.7 Å². The predicted molar refractivity (Wildman–Crippen MR) is 101 cm³/mol. The van der Waals surface area contributed by atoms with Gasteiger partial charge in [0.25, 0.3) is 5.91 Å². The van der Waals surface area contributed by atoms with E-state index in [1.165, 1.54) is 11.1 Å². The first kappa shape index (κ1) is 21.2. The number of carboxylic acid groups (broad SMARTS) is 1. The van der Waals surface area contributed by atoms with Crippen LogP contribution in [0.3, 0.4) is 0 Å². The van der Waals surface area contributed by atoms with E-state index in [9.17, 15) is 18.8 Å². The molecule has 0 aromatic rings. The fourth-order valence-electron chi connectivity index (χ4n) is 2.67. The van der Waals surface area contributed by atoms with E-state index in [-0.39, 0.29) is 29.8 Å². The standard InChI is InChI=1S/C19H23FN4O4/c1-3-6-13(8-5-4-7-12(2)19(27)28)23-18(26)16-9-14(11-25)22-17-15(20)10-21-24(16)17/h3-4,6-7,9,11-13,21H,5,8,10H2,1-2H3,(H,23,26)(H,27,28)/b6-3+,7-4+. The van der Waals surface area contributed by atoms with Crippen LogP contribution >= 0.6 is 0 Å². The van der Waals surface area contributed by atoms with Gasteiger partial charge in [-0.1, -0.05) is 24.3 Å². The average molecular weight is 390 g/mol. The molecule has 0 bridgehead atoms. The van der Waals surface area contributed by atoms with Crippen molar-refractivity contribution in [3.05, 3.63) is 47.7 Å². The van der Waals surface area contributed by atoms with Gasteiger partial charge in [-0.25, -0.2) is 14.8 Å². The summed E-state index contributed by atoms with van der Waals surface area (Å²) in [4.78, 5) is 38.5. The first-order valence-corrected chi connectivity index (χ1v) is 8.88. The first-order valence-electron chi connectivity index (χ1n) is 8.88. The second kappa shape index (κ2) is 9.75. The van der Waals surface area contributed by atoms with Crippen molar-refractivity contribution in [3.8, 4) is 0 Å². The van der Waals surface area contributed by atoms with Crippen LogP contribution in [0.2, 0.25) is 0 Å². The van der Waals surface area contributed by atoms with Gasteiger partial charge < -0.3 is 10.4 Å². The van der Waals surface area contributed by atoms with Crippen LogP contribution in [0.5, 0.6) is 0 Å². The minimum atomic E-state index is -0.902. The zero-order valence-corrected chi connectivity index (χ0v) is 15.7. The molecule has 8 nitrogen and oxygen atoms in total. The number of hydrogen-bond acceptors (Lipinski definition) is 6. The molecule has 28 heavy (non-hydrogen) atoms. The Morgan fingerprint density at radius 2 is 2.21 bits per heavy atom. The number of hydrogen-bond donors (Lipinski definition) is 3. The predicted octanol–water partition coefficient (Wildman–Crippen LogP) is 1.60. The number of allylic oxidation sites excluding steroid dienone is 3. The third-order valence-corrected chi connectivity index (χ3v) is 4.16. The van der Waals surface area contributed by atoms with Gasteiger partial charge in [0.15, 0.2) is 17.9 Å². The van der Waals surface area contributed by atoms with E-state index in [2.05, 4.69) is 15.7 Å². The summed E-state index contributed by atoms with van der Waals surface area (Å²) in [6.07, 6.45) is 9.82. The summed E-state index contributed by atoms with van der Waals surface area (Å²) in [5.41, 5.74) is 2.75. The molecule has 2 atom stereocenters. The molecule has 0 aromatic carbocycles. The van der Waals surface area contributed by atoms with E-state index in [1.807, 2.05) is 6.92 Å². The molecule has 2 unspecified atom stereocenters. The number of carbonyl (C=O) groups is 3. The van der Waals surface area contributed by atoms with Crippen molar-refractivity contribution in [1.82, 2.24) is 15.8 Å². The van der Waals surface area contributed by atoms with Gasteiger partial charge in [0.2, 0.25) is 0 Å². The molecule has 3 N–H and O–H groups in total. The quantitative estimate of drug-likeness (QED) is 0.407. The molecule has 2 aliphatic rings. The van der Waals surface area contributed by atoms with Crippen molar-refractivity contribution >= 4 is 23.9 Å². The van der Waals surface area contributed by atoms with Crippen LogP contribution in [0.4, 0.5) is 4.39 Å². The fraction of sp³-hybridized carbons (Fsp3) is 0.368. The molecule has 0 saturated heterocycles. The molecule has 2 aliphatic heterocycles. The number of nitrogens with zero attached hydrogens (tertiary/aromatic N) is 2. The van der Waals surface area contributed by atoms with Gasteiger partial charge in [-0.3, -0.25) is 19.4 Å². The second-order valence-corrected chi connectivity index (χ2v) is 6.32. The number of carbonyl (C=O) groups excluding carboxylic acids is 2. The van der Waals surface area contributed by atoms with Crippen molar-refractivity contribution in [2.75, 3.05) is 6.54 Å². The number of rotatable bonds is 9. The Morgan fingerprint density at radius 1 is 1.46 bits per heavy atom. The molecule has 2 rings (SSSR count). The number of aliphatic imine (C=N–C) groups is 1. The largest absolute Gasteiger partial charge is 0.481 e. The summed E-state index contributed by atoms with van der Waals surface area (Å²) in [6.45, 7) is 3.29. The molecule has 0 saturated carbocycles. The highest BCUT2D eigenvalue weighted by molar-refractivity contribution is 6.35. The highest BCUT2D eigenvalue weighted by atomic mass is 19.1. The number of hydrazine groups is 1. The van der Waals surface area contributed by atoms with Crippen LogP contribution in [-0.4, -0.2) is 46.6 Å². The Labute approximate surface area is 162 Å². The van der Waals surface area contributed by atoms with Gasteiger partial charge in [-0.05, 0) is 32.8 Å². The Hall–Kier alpha value is -3.07. The Morgan fingerprint density at radius 3 is 2.86 bits per heavy atom. The van der Waals surface area contributed by atoms with E-state index in [0.29, 0.717) is 19.1 Å². The third-order valence-electron chi connectivity index (χ3n) is 4.16. The van der Waals surface area contributed by atoms with Gasteiger partial charge >= 0.3 is 5.97 Å². The zero-order chi connectivity index (χ0) is 20.7. The summed E-state index contributed by atoms with van der Waals surface area (Å²) < 4.78 is 13.8. The van der Waals surface area contributed by atoms with Crippen LogP contribution in [0.15, 0.2) is 52.7 Å². The number of aliphatic carboxylic acids is 1. The minimum Gasteiger partial charge on any atom is -0.481 e. The highest BCUT2D eigenvalue weighted by Crippen LogP contribution is 2.25. The summed E-state index contributed by atoms with van der Waals surface area (Å²) in [5.74, 6) is -2.62. The topological polar surface area (TPSA) is 111 Å². The van der Waals surface area contributed by atoms with Crippen molar-refractivity contribution in [2.45, 2.75) is 32.7 Å². The van der Waals surface area contributed by atoms with Gasteiger partial charge in [-0.15, -0.1) is 0 Å². The molecular formula is C19H23FN4O4. The number of aldehydes is 1. The van der Waals surface area contributed by atoms with E-state index in [4.69, 9.17) is 5.11 Å². The number of nitrogens with one attached hydrogen (secondary N) is 2. The van der Waals surface area contributed by atoms with Crippen LogP contribution < -0.4 is 10.7 Å². The summed E-state index contributed by atoms with van der Waals surface area (Å²) >= 11 is 0. The molecular weight excluding hydrogens is 367 g/mol. The average Bonchev–Trinajstić information content (AvgIpc) is 3.04. The van der Waals surface area contributed by atoms with Gasteiger partial charge in [-0.2, -0.15) is 0 Å². The summed E-state index contributed by atoms with van der Waals surface area (Å²) in [5, 5.41) is 12.9. The van der Waals surface area contributed by atoms with Gasteiger partial charge in [0.1, 0.15) is 11.4 Å². The highest BCUT2D eigenvalue weighted by Gasteiger charge is 2.32. The second-order valence-electron chi connectivity index (χ2n) is 6.32. The van der Waals surface area contributed by atoms with Gasteiger partial charge in [0, 0.05) is 6.04 Å². The Bertz CT molecular complexity index is 798. The van der Waals surface area contributed by atoms with Crippen molar-refractivity contribution in [2.24, 2.45) is 10.9 Å². The fourth-order valence-corrected chi connectivity index (χ4v) is 2.67. The van der Waals surface area contributed by atoms with Crippen LogP contribution in [0.25, 0.3) is 0 Å². The monoisotopic (exact) mass is 390 g/mol. The molecule has 0 radical (unpaired) electrons. The van der Waals surface area contributed by atoms with E-state index in [0.717, 1.165) is 0 Å². The van der Waals surface area contributed by atoms with E-state index in [1.54, 1.807) is 31.2 Å².